The summed E-state index contributed by atoms with van der Waals surface area (Å²) in [5.74, 6) is -0.388. The van der Waals surface area contributed by atoms with Crippen LogP contribution in [0.5, 0.6) is 0 Å². The van der Waals surface area contributed by atoms with Gasteiger partial charge < -0.3 is 10.6 Å². The van der Waals surface area contributed by atoms with E-state index in [1.807, 2.05) is 6.07 Å². The van der Waals surface area contributed by atoms with Crippen molar-refractivity contribution >= 4 is 41.1 Å². The minimum absolute atomic E-state index is 0.216. The largest absolute Gasteiger partial charge is 0.355 e. The fourth-order valence-corrected chi connectivity index (χ4v) is 3.13. The number of hydrogen-bond acceptors (Lipinski definition) is 6. The Morgan fingerprint density at radius 3 is 2.86 bits per heavy atom. The number of carbonyl (C=O) groups excluding carboxylic acids is 2. The molecular formula is C19H17ClN6O2. The monoisotopic (exact) mass is 396 g/mol. The smallest absolute Gasteiger partial charge is 0.253 e. The van der Waals surface area contributed by atoms with Gasteiger partial charge in [-0.1, -0.05) is 11.6 Å². The van der Waals surface area contributed by atoms with E-state index in [1.165, 1.54) is 18.1 Å². The summed E-state index contributed by atoms with van der Waals surface area (Å²) in [5, 5.41) is 20.5. The maximum Gasteiger partial charge on any atom is 0.253 e. The van der Waals surface area contributed by atoms with Crippen molar-refractivity contribution < 1.29 is 9.59 Å². The number of halogens is 1. The normalized spacial score (nSPS) is 15.2. The van der Waals surface area contributed by atoms with Crippen molar-refractivity contribution in [1.29, 1.82) is 5.26 Å². The Morgan fingerprint density at radius 1 is 1.39 bits per heavy atom. The van der Waals surface area contributed by atoms with Gasteiger partial charge in [-0.3, -0.25) is 9.59 Å². The van der Waals surface area contributed by atoms with Crippen molar-refractivity contribution in [3.05, 3.63) is 52.2 Å². The van der Waals surface area contributed by atoms with E-state index >= 15 is 0 Å². The molecule has 2 aromatic rings. The molecule has 0 saturated heterocycles. The van der Waals surface area contributed by atoms with Gasteiger partial charge in [-0.05, 0) is 36.8 Å². The maximum atomic E-state index is 13.0. The quantitative estimate of drug-likeness (QED) is 0.824. The van der Waals surface area contributed by atoms with E-state index in [0.29, 0.717) is 34.1 Å². The Kier molecular flexibility index (Phi) is 5.57. The number of hydrazone groups is 1. The molecule has 142 valence electrons. The van der Waals surface area contributed by atoms with Gasteiger partial charge in [-0.15, -0.1) is 0 Å². The van der Waals surface area contributed by atoms with Crippen LogP contribution in [0.25, 0.3) is 0 Å². The molecule has 1 aromatic heterocycles. The van der Waals surface area contributed by atoms with Gasteiger partial charge in [0.2, 0.25) is 5.91 Å². The molecule has 0 saturated carbocycles. The predicted molar refractivity (Wildman–Crippen MR) is 107 cm³/mol. The van der Waals surface area contributed by atoms with Crippen LogP contribution in [-0.4, -0.2) is 36.1 Å². The molecule has 28 heavy (non-hydrogen) atoms. The number of aryl methyl sites for hydroxylation is 1. The first-order chi connectivity index (χ1) is 13.5. The van der Waals surface area contributed by atoms with E-state index in [1.54, 1.807) is 37.5 Å². The van der Waals surface area contributed by atoms with Gasteiger partial charge in [-0.2, -0.15) is 10.4 Å². The van der Waals surface area contributed by atoms with Gasteiger partial charge in [0.15, 0.2) is 5.82 Å². The number of nitrogens with zero attached hydrogens (tertiary/aromatic N) is 4. The summed E-state index contributed by atoms with van der Waals surface area (Å²) in [7, 11) is 1.48. The zero-order chi connectivity index (χ0) is 20.3. The summed E-state index contributed by atoms with van der Waals surface area (Å²) in [4.78, 5) is 29.4. The molecule has 9 heteroatoms. The molecule has 1 aliphatic rings. The summed E-state index contributed by atoms with van der Waals surface area (Å²) >= 11 is 6.19. The summed E-state index contributed by atoms with van der Waals surface area (Å²) in [6.07, 6.45) is 3.54. The zero-order valence-electron chi connectivity index (χ0n) is 15.2. The summed E-state index contributed by atoms with van der Waals surface area (Å²) in [5.41, 5.74) is 1.50. The van der Waals surface area contributed by atoms with Gasteiger partial charge in [0, 0.05) is 25.9 Å². The number of anilines is 2. The van der Waals surface area contributed by atoms with Crippen molar-refractivity contribution in [2.75, 3.05) is 17.4 Å². The van der Waals surface area contributed by atoms with Crippen LogP contribution < -0.4 is 15.6 Å². The molecule has 0 bridgehead atoms. The number of pyridine rings is 1. The van der Waals surface area contributed by atoms with Gasteiger partial charge in [0.25, 0.3) is 5.91 Å². The van der Waals surface area contributed by atoms with Crippen LogP contribution in [0.2, 0.25) is 5.02 Å². The number of aromatic nitrogens is 1. The lowest BCUT2D eigenvalue weighted by Gasteiger charge is -2.23. The fraction of sp³-hybridized carbons (Fsp3) is 0.211. The average Bonchev–Trinajstić information content (AvgIpc) is 3.18. The number of benzene rings is 1. The van der Waals surface area contributed by atoms with Crippen molar-refractivity contribution in [2.24, 2.45) is 5.10 Å². The first-order valence-corrected chi connectivity index (χ1v) is 8.84. The Hall–Kier alpha value is -3.44. The van der Waals surface area contributed by atoms with Crippen LogP contribution in [0.4, 0.5) is 11.5 Å². The highest BCUT2D eigenvalue weighted by molar-refractivity contribution is 6.33. The average molecular weight is 397 g/mol. The van der Waals surface area contributed by atoms with E-state index in [9.17, 15) is 9.59 Å². The van der Waals surface area contributed by atoms with E-state index in [4.69, 9.17) is 16.9 Å². The predicted octanol–water partition coefficient (Wildman–Crippen LogP) is 2.48. The molecule has 1 aliphatic heterocycles. The standard InChI is InChI=1S/C19H17ClN6O2/c1-11-8-12(10-21)9-13(18(27)22-2)16(11)25-19(28)15-5-7-24-26(15)17-14(20)4-3-6-23-17/h3-4,6-9,15H,5H2,1-2H3,(H,22,27)(H,25,28). The maximum absolute atomic E-state index is 13.0. The van der Waals surface area contributed by atoms with Crippen molar-refractivity contribution in [1.82, 2.24) is 10.3 Å². The second-order valence-corrected chi connectivity index (χ2v) is 6.51. The van der Waals surface area contributed by atoms with Crippen LogP contribution in [0, 0.1) is 18.3 Å². The lowest BCUT2D eigenvalue weighted by molar-refractivity contribution is -0.117. The Labute approximate surface area is 166 Å². The first-order valence-electron chi connectivity index (χ1n) is 8.46. The molecule has 1 atom stereocenters. The SMILES string of the molecule is CNC(=O)c1cc(C#N)cc(C)c1NC(=O)C1CC=NN1c1ncccc1Cl. The van der Waals surface area contributed by atoms with Crippen LogP contribution >= 0.6 is 11.6 Å². The second kappa shape index (κ2) is 8.06. The number of nitrogens with one attached hydrogen (secondary N) is 2. The van der Waals surface area contributed by atoms with Crippen LogP contribution in [-0.2, 0) is 4.79 Å². The van der Waals surface area contributed by atoms with Crippen LogP contribution in [0.15, 0.2) is 35.6 Å². The molecule has 0 radical (unpaired) electrons. The fourth-order valence-electron chi connectivity index (χ4n) is 2.92. The third-order valence-corrected chi connectivity index (χ3v) is 4.57. The van der Waals surface area contributed by atoms with Crippen LogP contribution in [0.1, 0.15) is 27.9 Å². The van der Waals surface area contributed by atoms with Crippen LogP contribution in [0.3, 0.4) is 0 Å². The minimum atomic E-state index is -0.667. The molecule has 1 unspecified atom stereocenters. The van der Waals surface area contributed by atoms with Gasteiger partial charge in [0.05, 0.1) is 27.9 Å². The Morgan fingerprint density at radius 2 is 2.18 bits per heavy atom. The molecule has 3 rings (SSSR count). The highest BCUT2D eigenvalue weighted by atomic mass is 35.5. The van der Waals surface area contributed by atoms with Crippen molar-refractivity contribution in [3.8, 4) is 6.07 Å². The minimum Gasteiger partial charge on any atom is -0.355 e. The molecular weight excluding hydrogens is 380 g/mol. The molecule has 0 fully saturated rings. The summed E-state index contributed by atoms with van der Waals surface area (Å²) in [6, 6.07) is 7.76. The van der Waals surface area contributed by atoms with E-state index < -0.39 is 11.9 Å². The molecule has 1 aromatic carbocycles. The summed E-state index contributed by atoms with van der Waals surface area (Å²) in [6.45, 7) is 1.72. The Bertz CT molecular complexity index is 1010. The third-order valence-electron chi connectivity index (χ3n) is 4.27. The molecule has 2 heterocycles. The van der Waals surface area contributed by atoms with Gasteiger partial charge >= 0.3 is 0 Å². The lowest BCUT2D eigenvalue weighted by Crippen LogP contribution is -2.39. The number of amides is 2. The second-order valence-electron chi connectivity index (χ2n) is 6.10. The number of hydrogen-bond donors (Lipinski definition) is 2. The first kappa shape index (κ1) is 19.3. The highest BCUT2D eigenvalue weighted by Gasteiger charge is 2.32. The molecule has 2 N–H and O–H groups in total. The Balaban J connectivity index is 1.92. The third kappa shape index (κ3) is 3.66. The zero-order valence-corrected chi connectivity index (χ0v) is 16.0. The molecule has 0 spiro atoms. The molecule has 0 aliphatic carbocycles. The molecule has 2 amide bonds. The van der Waals surface area contributed by atoms with E-state index in [2.05, 4.69) is 20.7 Å². The van der Waals surface area contributed by atoms with E-state index in [-0.39, 0.29) is 11.5 Å². The lowest BCUT2D eigenvalue weighted by atomic mass is 10.0. The van der Waals surface area contributed by atoms with Gasteiger partial charge in [-0.25, -0.2) is 9.99 Å². The number of carbonyl (C=O) groups is 2. The van der Waals surface area contributed by atoms with Gasteiger partial charge in [0.1, 0.15) is 6.04 Å². The van der Waals surface area contributed by atoms with E-state index in [0.717, 1.165) is 0 Å². The van der Waals surface area contributed by atoms with Crippen molar-refractivity contribution in [2.45, 2.75) is 19.4 Å². The topological polar surface area (TPSA) is 110 Å². The highest BCUT2D eigenvalue weighted by Crippen LogP contribution is 2.29. The van der Waals surface area contributed by atoms with Crippen molar-refractivity contribution in [3.63, 3.8) is 0 Å². The number of nitriles is 1. The number of rotatable bonds is 4. The summed E-state index contributed by atoms with van der Waals surface area (Å²) < 4.78 is 0. The molecule has 8 nitrogen and oxygen atoms in total.